The van der Waals surface area contributed by atoms with E-state index in [0.717, 1.165) is 48.7 Å². The molecule has 152 valence electrons. The minimum atomic E-state index is -0.0643. The van der Waals surface area contributed by atoms with E-state index in [1.54, 1.807) is 0 Å². The Morgan fingerprint density at radius 3 is 2.48 bits per heavy atom. The van der Waals surface area contributed by atoms with Crippen molar-refractivity contribution >= 4 is 16.8 Å². The van der Waals surface area contributed by atoms with Crippen LogP contribution in [0.3, 0.4) is 0 Å². The van der Waals surface area contributed by atoms with Gasteiger partial charge in [-0.25, -0.2) is 0 Å². The van der Waals surface area contributed by atoms with Gasteiger partial charge in [0.25, 0.3) is 5.91 Å². The Balaban J connectivity index is 1.33. The largest absolute Gasteiger partial charge is 0.351 e. The molecule has 1 aliphatic carbocycles. The van der Waals surface area contributed by atoms with Crippen LogP contribution in [-0.4, -0.2) is 36.1 Å². The number of carbonyl (C=O) groups excluding carboxylic acids is 1. The molecule has 0 spiro atoms. The number of benzene rings is 2. The Morgan fingerprint density at radius 2 is 1.72 bits per heavy atom. The molecule has 5 nitrogen and oxygen atoms in total. The van der Waals surface area contributed by atoms with Crippen LogP contribution < -0.4 is 16.4 Å². The van der Waals surface area contributed by atoms with Crippen LogP contribution >= 0.6 is 0 Å². The van der Waals surface area contributed by atoms with Gasteiger partial charge < -0.3 is 21.4 Å². The van der Waals surface area contributed by atoms with Crippen LogP contribution in [0, 0.1) is 6.92 Å². The fourth-order valence-corrected chi connectivity index (χ4v) is 4.05. The SMILES string of the molecule is Cc1ccc(-c2ccc3cc(C(=O)NCCNC4CCC(N)CC4)[nH]c3c2)cc1. The van der Waals surface area contributed by atoms with Crippen LogP contribution in [0.25, 0.3) is 22.0 Å². The number of rotatable bonds is 6. The molecule has 29 heavy (non-hydrogen) atoms. The average Bonchev–Trinajstić information content (AvgIpc) is 3.16. The van der Waals surface area contributed by atoms with Gasteiger partial charge in [0.2, 0.25) is 0 Å². The number of aryl methyl sites for hydroxylation is 1. The van der Waals surface area contributed by atoms with Crippen molar-refractivity contribution in [2.75, 3.05) is 13.1 Å². The standard InChI is InChI=1S/C24H30N4O/c1-16-2-4-17(5-3-16)18-6-7-19-15-23(28-22(19)14-18)24(29)27-13-12-26-21-10-8-20(25)9-11-21/h2-7,14-15,20-21,26,28H,8-13,25H2,1H3,(H,27,29). The molecule has 0 saturated heterocycles. The molecule has 0 radical (unpaired) electrons. The fraction of sp³-hybridized carbons (Fsp3) is 0.375. The lowest BCUT2D eigenvalue weighted by Crippen LogP contribution is -2.41. The van der Waals surface area contributed by atoms with Crippen LogP contribution in [0.1, 0.15) is 41.7 Å². The zero-order valence-corrected chi connectivity index (χ0v) is 17.0. The third-order valence-electron chi connectivity index (χ3n) is 5.87. The summed E-state index contributed by atoms with van der Waals surface area (Å²) in [6, 6.07) is 17.5. The van der Waals surface area contributed by atoms with E-state index >= 15 is 0 Å². The zero-order chi connectivity index (χ0) is 20.2. The average molecular weight is 391 g/mol. The Kier molecular flexibility index (Phi) is 5.97. The number of carbonyl (C=O) groups is 1. The van der Waals surface area contributed by atoms with Gasteiger partial charge in [-0.2, -0.15) is 0 Å². The van der Waals surface area contributed by atoms with Crippen LogP contribution in [0.15, 0.2) is 48.5 Å². The third-order valence-corrected chi connectivity index (χ3v) is 5.87. The van der Waals surface area contributed by atoms with E-state index < -0.39 is 0 Å². The molecule has 2 aromatic carbocycles. The Labute approximate surface area is 172 Å². The highest BCUT2D eigenvalue weighted by molar-refractivity contribution is 5.98. The second kappa shape index (κ2) is 8.80. The van der Waals surface area contributed by atoms with E-state index in [1.165, 1.54) is 11.1 Å². The van der Waals surface area contributed by atoms with Gasteiger partial charge in [-0.05, 0) is 55.9 Å². The number of hydrogen-bond donors (Lipinski definition) is 4. The second-order valence-corrected chi connectivity index (χ2v) is 8.17. The molecule has 1 aliphatic rings. The van der Waals surface area contributed by atoms with Crippen LogP contribution in [-0.2, 0) is 0 Å². The molecule has 3 aromatic rings. The number of nitrogens with one attached hydrogen (secondary N) is 3. The van der Waals surface area contributed by atoms with E-state index in [2.05, 4.69) is 65.0 Å². The van der Waals surface area contributed by atoms with Crippen molar-refractivity contribution in [1.29, 1.82) is 0 Å². The molecule has 0 unspecified atom stereocenters. The smallest absolute Gasteiger partial charge is 0.267 e. The van der Waals surface area contributed by atoms with E-state index in [1.807, 2.05) is 6.07 Å². The molecule has 5 N–H and O–H groups in total. The van der Waals surface area contributed by atoms with E-state index in [-0.39, 0.29) is 5.91 Å². The number of amides is 1. The molecular weight excluding hydrogens is 360 g/mol. The van der Waals surface area contributed by atoms with Crippen molar-refractivity contribution in [2.45, 2.75) is 44.7 Å². The van der Waals surface area contributed by atoms with E-state index in [9.17, 15) is 4.79 Å². The number of nitrogens with two attached hydrogens (primary N) is 1. The predicted molar refractivity (Wildman–Crippen MR) is 119 cm³/mol. The quantitative estimate of drug-likeness (QED) is 0.484. The molecule has 0 atom stereocenters. The van der Waals surface area contributed by atoms with Crippen molar-refractivity contribution in [1.82, 2.24) is 15.6 Å². The Bertz CT molecular complexity index is 968. The molecule has 1 heterocycles. The summed E-state index contributed by atoms with van der Waals surface area (Å²) < 4.78 is 0. The van der Waals surface area contributed by atoms with Gasteiger partial charge in [-0.1, -0.05) is 42.0 Å². The van der Waals surface area contributed by atoms with Gasteiger partial charge in [0.05, 0.1) is 0 Å². The fourth-order valence-electron chi connectivity index (χ4n) is 4.05. The first-order valence-electron chi connectivity index (χ1n) is 10.6. The summed E-state index contributed by atoms with van der Waals surface area (Å²) in [5.41, 5.74) is 11.1. The number of aromatic nitrogens is 1. The van der Waals surface area contributed by atoms with Crippen molar-refractivity contribution in [3.8, 4) is 11.1 Å². The molecule has 4 rings (SSSR count). The normalized spacial score (nSPS) is 19.4. The van der Waals surface area contributed by atoms with Gasteiger partial charge in [-0.3, -0.25) is 4.79 Å². The second-order valence-electron chi connectivity index (χ2n) is 8.17. The Hall–Kier alpha value is -2.63. The van der Waals surface area contributed by atoms with Gasteiger partial charge in [0.1, 0.15) is 5.69 Å². The maximum atomic E-state index is 12.5. The third kappa shape index (κ3) is 4.86. The van der Waals surface area contributed by atoms with E-state index in [4.69, 9.17) is 5.73 Å². The minimum Gasteiger partial charge on any atom is -0.351 e. The maximum absolute atomic E-state index is 12.5. The van der Waals surface area contributed by atoms with Crippen molar-refractivity contribution in [3.63, 3.8) is 0 Å². The lowest BCUT2D eigenvalue weighted by molar-refractivity contribution is 0.0949. The van der Waals surface area contributed by atoms with Crippen LogP contribution in [0.2, 0.25) is 0 Å². The van der Waals surface area contributed by atoms with E-state index in [0.29, 0.717) is 24.3 Å². The number of aromatic amines is 1. The summed E-state index contributed by atoms with van der Waals surface area (Å²) >= 11 is 0. The first kappa shape index (κ1) is 19.7. The van der Waals surface area contributed by atoms with Crippen molar-refractivity contribution in [3.05, 3.63) is 59.8 Å². The summed E-state index contributed by atoms with van der Waals surface area (Å²) in [6.45, 7) is 3.48. The van der Waals surface area contributed by atoms with Gasteiger partial charge >= 0.3 is 0 Å². The first-order chi connectivity index (χ1) is 14.1. The molecule has 5 heteroatoms. The molecule has 1 amide bonds. The molecule has 1 fully saturated rings. The molecule has 1 aromatic heterocycles. The highest BCUT2D eigenvalue weighted by Crippen LogP contribution is 2.25. The van der Waals surface area contributed by atoms with Gasteiger partial charge in [-0.15, -0.1) is 0 Å². The molecular formula is C24H30N4O. The number of fused-ring (bicyclic) bond motifs is 1. The maximum Gasteiger partial charge on any atom is 0.267 e. The number of H-pyrrole nitrogens is 1. The van der Waals surface area contributed by atoms with Gasteiger partial charge in [0, 0.05) is 36.1 Å². The predicted octanol–water partition coefficient (Wildman–Crippen LogP) is 3.73. The summed E-state index contributed by atoms with van der Waals surface area (Å²) in [7, 11) is 0. The lowest BCUT2D eigenvalue weighted by atomic mass is 9.92. The van der Waals surface area contributed by atoms with Crippen molar-refractivity contribution in [2.24, 2.45) is 5.73 Å². The van der Waals surface area contributed by atoms with Crippen molar-refractivity contribution < 1.29 is 4.79 Å². The van der Waals surface area contributed by atoms with Gasteiger partial charge in [0.15, 0.2) is 0 Å². The summed E-state index contributed by atoms with van der Waals surface area (Å²) in [6.07, 6.45) is 4.42. The summed E-state index contributed by atoms with van der Waals surface area (Å²) in [5, 5.41) is 7.57. The zero-order valence-electron chi connectivity index (χ0n) is 17.0. The molecule has 1 saturated carbocycles. The first-order valence-corrected chi connectivity index (χ1v) is 10.6. The van der Waals surface area contributed by atoms with Crippen LogP contribution in [0.4, 0.5) is 0 Å². The summed E-state index contributed by atoms with van der Waals surface area (Å²) in [4.78, 5) is 15.8. The monoisotopic (exact) mass is 390 g/mol. The number of hydrogen-bond acceptors (Lipinski definition) is 3. The topological polar surface area (TPSA) is 82.9 Å². The highest BCUT2D eigenvalue weighted by Gasteiger charge is 2.17. The summed E-state index contributed by atoms with van der Waals surface area (Å²) in [5.74, 6) is -0.0643. The molecule has 0 bridgehead atoms. The molecule has 0 aliphatic heterocycles. The highest BCUT2D eigenvalue weighted by atomic mass is 16.1. The lowest BCUT2D eigenvalue weighted by Gasteiger charge is -2.26. The Morgan fingerprint density at radius 1 is 1.00 bits per heavy atom. The minimum absolute atomic E-state index is 0.0643. The van der Waals surface area contributed by atoms with Crippen LogP contribution in [0.5, 0.6) is 0 Å².